The summed E-state index contributed by atoms with van der Waals surface area (Å²) in [6, 6.07) is 13.2. The Morgan fingerprint density at radius 1 is 1.22 bits per heavy atom. The number of carbonyl (C=O) groups is 1. The van der Waals surface area contributed by atoms with Crippen molar-refractivity contribution < 1.29 is 9.36 Å². The molecule has 0 atom stereocenters. The van der Waals surface area contributed by atoms with E-state index in [9.17, 15) is 4.79 Å². The maximum atomic E-state index is 11.7. The first-order valence-corrected chi connectivity index (χ1v) is 5.59. The first-order valence-electron chi connectivity index (χ1n) is 5.59. The third-order valence-corrected chi connectivity index (χ3v) is 2.38. The van der Waals surface area contributed by atoms with Crippen LogP contribution in [0.4, 0.5) is 0 Å². The number of pyridine rings is 1. The van der Waals surface area contributed by atoms with Gasteiger partial charge in [-0.1, -0.05) is 30.3 Å². The topological polar surface area (TPSA) is 45.3 Å². The molecule has 2 aromatic rings. The van der Waals surface area contributed by atoms with Gasteiger partial charge in [0.1, 0.15) is 12.6 Å². The highest BCUT2D eigenvalue weighted by Gasteiger charge is 2.07. The van der Waals surface area contributed by atoms with Crippen molar-refractivity contribution in [2.75, 3.05) is 0 Å². The summed E-state index contributed by atoms with van der Waals surface area (Å²) >= 11 is 0. The summed E-state index contributed by atoms with van der Waals surface area (Å²) in [5, 5.41) is 3.91. The fourth-order valence-electron chi connectivity index (χ4n) is 1.49. The summed E-state index contributed by atoms with van der Waals surface area (Å²) in [5.41, 5.74) is 4.01. The van der Waals surface area contributed by atoms with E-state index >= 15 is 0 Å². The molecule has 18 heavy (non-hydrogen) atoms. The van der Waals surface area contributed by atoms with Gasteiger partial charge in [-0.05, 0) is 11.6 Å². The molecule has 4 heteroatoms. The second kappa shape index (κ2) is 5.72. The molecule has 1 N–H and O–H groups in total. The predicted molar refractivity (Wildman–Crippen MR) is 69.1 cm³/mol. The second-order valence-electron chi connectivity index (χ2n) is 3.87. The standard InChI is InChI=1S/C14H13N3O/c1-17-9-5-8-13(11-17)14(18)16-15-10-12-6-3-2-4-7-12/h2-11H,1H3/p+1. The summed E-state index contributed by atoms with van der Waals surface area (Å²) < 4.78 is 1.82. The minimum Gasteiger partial charge on any atom is -0.267 e. The van der Waals surface area contributed by atoms with Crippen LogP contribution in [0.5, 0.6) is 0 Å². The molecule has 4 nitrogen and oxygen atoms in total. The molecule has 0 aliphatic rings. The lowest BCUT2D eigenvalue weighted by atomic mass is 10.2. The number of amides is 1. The van der Waals surface area contributed by atoms with Crippen LogP contribution in [0.2, 0.25) is 0 Å². The van der Waals surface area contributed by atoms with E-state index in [-0.39, 0.29) is 5.91 Å². The van der Waals surface area contributed by atoms with Gasteiger partial charge in [0.25, 0.3) is 5.91 Å². The lowest BCUT2D eigenvalue weighted by Crippen LogP contribution is -2.29. The molecule has 90 valence electrons. The predicted octanol–water partition coefficient (Wildman–Crippen LogP) is 1.27. The highest BCUT2D eigenvalue weighted by molar-refractivity contribution is 5.94. The van der Waals surface area contributed by atoms with Crippen molar-refractivity contribution in [3.63, 3.8) is 0 Å². The van der Waals surface area contributed by atoms with E-state index in [0.717, 1.165) is 5.56 Å². The van der Waals surface area contributed by atoms with Gasteiger partial charge < -0.3 is 0 Å². The van der Waals surface area contributed by atoms with E-state index in [2.05, 4.69) is 10.5 Å². The van der Waals surface area contributed by atoms with E-state index < -0.39 is 0 Å². The van der Waals surface area contributed by atoms with Gasteiger partial charge in [0, 0.05) is 6.07 Å². The molecule has 0 aliphatic carbocycles. The third-order valence-electron chi connectivity index (χ3n) is 2.38. The first-order chi connectivity index (χ1) is 8.75. The van der Waals surface area contributed by atoms with Gasteiger partial charge in [-0.3, -0.25) is 4.79 Å². The number of carbonyl (C=O) groups excluding carboxylic acids is 1. The summed E-state index contributed by atoms with van der Waals surface area (Å²) in [6.07, 6.45) is 5.22. The highest BCUT2D eigenvalue weighted by atomic mass is 16.2. The number of hydrogen-bond acceptors (Lipinski definition) is 2. The molecule has 0 saturated carbocycles. The van der Waals surface area contributed by atoms with Gasteiger partial charge in [-0.25, -0.2) is 9.99 Å². The number of rotatable bonds is 3. The van der Waals surface area contributed by atoms with E-state index in [4.69, 9.17) is 0 Å². The molecule has 0 saturated heterocycles. The summed E-state index contributed by atoms with van der Waals surface area (Å²) in [7, 11) is 1.87. The second-order valence-corrected chi connectivity index (χ2v) is 3.87. The molecule has 0 radical (unpaired) electrons. The van der Waals surface area contributed by atoms with E-state index in [0.29, 0.717) is 5.56 Å². The quantitative estimate of drug-likeness (QED) is 0.490. The Morgan fingerprint density at radius 2 is 2.00 bits per heavy atom. The minimum absolute atomic E-state index is 0.224. The van der Waals surface area contributed by atoms with Crippen LogP contribution < -0.4 is 9.99 Å². The van der Waals surface area contributed by atoms with Crippen LogP contribution in [-0.2, 0) is 7.05 Å². The smallest absolute Gasteiger partial charge is 0.267 e. The third kappa shape index (κ3) is 3.25. The Morgan fingerprint density at radius 3 is 2.72 bits per heavy atom. The summed E-state index contributed by atoms with van der Waals surface area (Å²) in [6.45, 7) is 0. The van der Waals surface area contributed by atoms with Crippen LogP contribution in [0.3, 0.4) is 0 Å². The van der Waals surface area contributed by atoms with Gasteiger partial charge in [0.2, 0.25) is 0 Å². The number of nitrogens with one attached hydrogen (secondary N) is 1. The van der Waals surface area contributed by atoms with Crippen molar-refractivity contribution in [3.8, 4) is 0 Å². The molecule has 0 aliphatic heterocycles. The van der Waals surface area contributed by atoms with Crippen LogP contribution in [0.1, 0.15) is 15.9 Å². The van der Waals surface area contributed by atoms with E-state index in [1.54, 1.807) is 18.5 Å². The van der Waals surface area contributed by atoms with Crippen LogP contribution in [0, 0.1) is 0 Å². The first kappa shape index (κ1) is 12.0. The number of aromatic nitrogens is 1. The van der Waals surface area contributed by atoms with Crippen LogP contribution in [-0.4, -0.2) is 12.1 Å². The SMILES string of the molecule is C[n+]1cccc(C(=O)NN=Cc2ccccc2)c1. The van der Waals surface area contributed by atoms with E-state index in [1.165, 1.54) is 0 Å². The zero-order valence-corrected chi connectivity index (χ0v) is 10.1. The largest absolute Gasteiger partial charge is 0.277 e. The van der Waals surface area contributed by atoms with Crippen LogP contribution in [0.15, 0.2) is 60.0 Å². The van der Waals surface area contributed by atoms with Crippen molar-refractivity contribution >= 4 is 12.1 Å². The zero-order valence-electron chi connectivity index (χ0n) is 10.1. The molecule has 0 spiro atoms. The molecular formula is C14H14N3O+. The van der Waals surface area contributed by atoms with Crippen molar-refractivity contribution in [1.82, 2.24) is 5.43 Å². The molecule has 1 heterocycles. The number of nitrogens with zero attached hydrogens (tertiary/aromatic N) is 2. The van der Waals surface area contributed by atoms with Crippen LogP contribution >= 0.6 is 0 Å². The molecule has 2 rings (SSSR count). The maximum absolute atomic E-state index is 11.7. The Hall–Kier alpha value is -2.49. The molecule has 1 amide bonds. The Bertz CT molecular complexity index is 564. The van der Waals surface area contributed by atoms with Gasteiger partial charge in [0.15, 0.2) is 12.4 Å². The fraction of sp³-hybridized carbons (Fsp3) is 0.0714. The molecular weight excluding hydrogens is 226 g/mol. The number of aryl methyl sites for hydroxylation is 1. The molecule has 1 aromatic heterocycles. The van der Waals surface area contributed by atoms with Crippen LogP contribution in [0.25, 0.3) is 0 Å². The number of benzene rings is 1. The fourth-order valence-corrected chi connectivity index (χ4v) is 1.49. The van der Waals surface area contributed by atoms with Crippen molar-refractivity contribution in [1.29, 1.82) is 0 Å². The van der Waals surface area contributed by atoms with E-state index in [1.807, 2.05) is 54.2 Å². The lowest BCUT2D eigenvalue weighted by Gasteiger charge is -1.97. The molecule has 0 unspecified atom stereocenters. The minimum atomic E-state index is -0.224. The Balaban J connectivity index is 1.99. The van der Waals surface area contributed by atoms with Gasteiger partial charge >= 0.3 is 0 Å². The molecule has 0 bridgehead atoms. The van der Waals surface area contributed by atoms with Crippen molar-refractivity contribution in [2.24, 2.45) is 12.1 Å². The number of hydrogen-bond donors (Lipinski definition) is 1. The number of hydrazone groups is 1. The molecule has 1 aromatic carbocycles. The highest BCUT2D eigenvalue weighted by Crippen LogP contribution is 1.95. The van der Waals surface area contributed by atoms with Crippen molar-refractivity contribution in [2.45, 2.75) is 0 Å². The van der Waals surface area contributed by atoms with Gasteiger partial charge in [-0.15, -0.1) is 0 Å². The lowest BCUT2D eigenvalue weighted by molar-refractivity contribution is -0.671. The summed E-state index contributed by atoms with van der Waals surface area (Å²) in [5.74, 6) is -0.224. The normalized spacial score (nSPS) is 10.5. The molecule has 0 fully saturated rings. The average molecular weight is 240 g/mol. The zero-order chi connectivity index (χ0) is 12.8. The summed E-state index contributed by atoms with van der Waals surface area (Å²) in [4.78, 5) is 11.7. The van der Waals surface area contributed by atoms with Gasteiger partial charge in [-0.2, -0.15) is 5.10 Å². The average Bonchev–Trinajstić information content (AvgIpc) is 2.40. The maximum Gasteiger partial charge on any atom is 0.277 e. The Labute approximate surface area is 106 Å². The van der Waals surface area contributed by atoms with Gasteiger partial charge in [0.05, 0.1) is 6.21 Å². The Kier molecular flexibility index (Phi) is 3.81. The van der Waals surface area contributed by atoms with Crippen molar-refractivity contribution in [3.05, 3.63) is 66.0 Å². The monoisotopic (exact) mass is 240 g/mol.